The molecule has 2 aromatic heterocycles. The average Bonchev–Trinajstić information content (AvgIpc) is 2.68. The number of fused-ring (bicyclic) bond motifs is 1. The van der Waals surface area contributed by atoms with Crippen LogP contribution in [0.2, 0.25) is 0 Å². The molecule has 1 aliphatic heterocycles. The van der Waals surface area contributed by atoms with Gasteiger partial charge in [-0.05, 0) is 18.2 Å². The molecule has 1 aromatic carbocycles. The SMILES string of the molecule is O=C(c1ccc2ccccc2n1)N1CCC(Oc2ncccn2)CC1. The average molecular weight is 334 g/mol. The van der Waals surface area contributed by atoms with Crippen molar-refractivity contribution in [1.29, 1.82) is 0 Å². The fourth-order valence-electron chi connectivity index (χ4n) is 3.02. The van der Waals surface area contributed by atoms with Crippen molar-refractivity contribution in [2.45, 2.75) is 18.9 Å². The molecule has 6 nitrogen and oxygen atoms in total. The maximum atomic E-state index is 12.7. The summed E-state index contributed by atoms with van der Waals surface area (Å²) < 4.78 is 5.77. The van der Waals surface area contributed by atoms with E-state index in [1.807, 2.05) is 35.2 Å². The minimum absolute atomic E-state index is 0.0276. The fraction of sp³-hybridized carbons (Fsp3) is 0.263. The van der Waals surface area contributed by atoms with E-state index in [0.29, 0.717) is 24.8 Å². The number of hydrogen-bond donors (Lipinski definition) is 0. The third kappa shape index (κ3) is 3.42. The first kappa shape index (κ1) is 15.5. The Hall–Kier alpha value is -3.02. The van der Waals surface area contributed by atoms with Gasteiger partial charge in [0.15, 0.2) is 0 Å². The summed E-state index contributed by atoms with van der Waals surface area (Å²) in [5.74, 6) is -0.0276. The Labute approximate surface area is 145 Å². The van der Waals surface area contributed by atoms with Gasteiger partial charge < -0.3 is 9.64 Å². The molecule has 3 heterocycles. The monoisotopic (exact) mass is 334 g/mol. The van der Waals surface area contributed by atoms with E-state index in [1.165, 1.54) is 0 Å². The van der Waals surface area contributed by atoms with Crippen LogP contribution in [0.25, 0.3) is 10.9 Å². The van der Waals surface area contributed by atoms with Crippen LogP contribution < -0.4 is 4.74 Å². The summed E-state index contributed by atoms with van der Waals surface area (Å²) in [7, 11) is 0. The van der Waals surface area contributed by atoms with E-state index >= 15 is 0 Å². The third-order valence-electron chi connectivity index (χ3n) is 4.36. The normalized spacial score (nSPS) is 15.3. The van der Waals surface area contributed by atoms with Crippen molar-refractivity contribution in [1.82, 2.24) is 19.9 Å². The molecule has 4 rings (SSSR count). The van der Waals surface area contributed by atoms with Gasteiger partial charge in [-0.1, -0.05) is 24.3 Å². The van der Waals surface area contributed by atoms with Crippen LogP contribution in [-0.4, -0.2) is 45.0 Å². The standard InChI is InChI=1S/C19H18N4O2/c24-18(17-7-6-14-4-1-2-5-16(14)22-17)23-12-8-15(9-13-23)25-19-20-10-3-11-21-19/h1-7,10-11,15H,8-9,12-13H2. The molecule has 6 heteroatoms. The lowest BCUT2D eigenvalue weighted by Gasteiger charge is -2.31. The van der Waals surface area contributed by atoms with Gasteiger partial charge in [-0.2, -0.15) is 0 Å². The fourth-order valence-corrected chi connectivity index (χ4v) is 3.02. The zero-order valence-electron chi connectivity index (χ0n) is 13.7. The first-order valence-electron chi connectivity index (χ1n) is 8.38. The number of piperidine rings is 1. The summed E-state index contributed by atoms with van der Waals surface area (Å²) in [5.41, 5.74) is 1.33. The molecule has 0 atom stereocenters. The second-order valence-corrected chi connectivity index (χ2v) is 6.03. The largest absolute Gasteiger partial charge is 0.460 e. The van der Waals surface area contributed by atoms with E-state index in [2.05, 4.69) is 15.0 Å². The summed E-state index contributed by atoms with van der Waals surface area (Å²) in [6, 6.07) is 13.7. The predicted molar refractivity (Wildman–Crippen MR) is 93.3 cm³/mol. The molecular formula is C19H18N4O2. The summed E-state index contributed by atoms with van der Waals surface area (Å²) in [5, 5.41) is 1.04. The van der Waals surface area contributed by atoms with Crippen molar-refractivity contribution in [3.8, 4) is 6.01 Å². The van der Waals surface area contributed by atoms with E-state index in [1.54, 1.807) is 24.5 Å². The molecule has 1 aliphatic rings. The second-order valence-electron chi connectivity index (χ2n) is 6.03. The number of rotatable bonds is 3. The molecule has 0 aliphatic carbocycles. The molecule has 0 bridgehead atoms. The van der Waals surface area contributed by atoms with E-state index in [9.17, 15) is 4.79 Å². The highest BCUT2D eigenvalue weighted by Crippen LogP contribution is 2.18. The van der Waals surface area contributed by atoms with Crippen molar-refractivity contribution < 1.29 is 9.53 Å². The van der Waals surface area contributed by atoms with Gasteiger partial charge in [0.25, 0.3) is 5.91 Å². The van der Waals surface area contributed by atoms with E-state index < -0.39 is 0 Å². The van der Waals surface area contributed by atoms with Gasteiger partial charge in [-0.25, -0.2) is 15.0 Å². The highest BCUT2D eigenvalue weighted by atomic mass is 16.5. The molecule has 0 radical (unpaired) electrons. The van der Waals surface area contributed by atoms with Crippen molar-refractivity contribution in [3.63, 3.8) is 0 Å². The zero-order valence-corrected chi connectivity index (χ0v) is 13.7. The number of carbonyl (C=O) groups is 1. The van der Waals surface area contributed by atoms with Crippen LogP contribution in [0.5, 0.6) is 6.01 Å². The van der Waals surface area contributed by atoms with Gasteiger partial charge in [0.2, 0.25) is 0 Å². The van der Waals surface area contributed by atoms with Crippen molar-refractivity contribution in [2.75, 3.05) is 13.1 Å². The Morgan fingerprint density at radius 2 is 1.76 bits per heavy atom. The highest BCUT2D eigenvalue weighted by molar-refractivity contribution is 5.94. The Bertz CT molecular complexity index is 877. The minimum Gasteiger partial charge on any atom is -0.460 e. The Kier molecular flexibility index (Phi) is 4.24. The van der Waals surface area contributed by atoms with Gasteiger partial charge in [0.05, 0.1) is 5.52 Å². The van der Waals surface area contributed by atoms with Gasteiger partial charge in [0, 0.05) is 43.7 Å². The van der Waals surface area contributed by atoms with E-state index in [-0.39, 0.29) is 12.0 Å². The van der Waals surface area contributed by atoms with Crippen LogP contribution >= 0.6 is 0 Å². The second kappa shape index (κ2) is 6.84. The molecule has 126 valence electrons. The zero-order chi connectivity index (χ0) is 17.1. The van der Waals surface area contributed by atoms with E-state index in [4.69, 9.17) is 4.74 Å². The lowest BCUT2D eigenvalue weighted by Crippen LogP contribution is -2.42. The summed E-state index contributed by atoms with van der Waals surface area (Å²) in [4.78, 5) is 27.2. The summed E-state index contributed by atoms with van der Waals surface area (Å²) >= 11 is 0. The van der Waals surface area contributed by atoms with Crippen molar-refractivity contribution >= 4 is 16.8 Å². The number of pyridine rings is 1. The van der Waals surface area contributed by atoms with Crippen LogP contribution in [0.3, 0.4) is 0 Å². The maximum absolute atomic E-state index is 12.7. The van der Waals surface area contributed by atoms with Crippen LogP contribution in [0.4, 0.5) is 0 Å². The Morgan fingerprint density at radius 1 is 1.00 bits per heavy atom. The molecule has 25 heavy (non-hydrogen) atoms. The van der Waals surface area contributed by atoms with Crippen LogP contribution in [0.15, 0.2) is 54.9 Å². The third-order valence-corrected chi connectivity index (χ3v) is 4.36. The lowest BCUT2D eigenvalue weighted by molar-refractivity contribution is 0.0574. The van der Waals surface area contributed by atoms with Gasteiger partial charge in [0.1, 0.15) is 11.8 Å². The molecule has 0 spiro atoms. The summed E-state index contributed by atoms with van der Waals surface area (Å²) in [6.45, 7) is 1.29. The Balaban J connectivity index is 1.40. The molecule has 0 N–H and O–H groups in total. The van der Waals surface area contributed by atoms with Crippen molar-refractivity contribution in [3.05, 3.63) is 60.6 Å². The smallest absolute Gasteiger partial charge is 0.316 e. The maximum Gasteiger partial charge on any atom is 0.316 e. The number of benzene rings is 1. The highest BCUT2D eigenvalue weighted by Gasteiger charge is 2.25. The molecule has 0 saturated carbocycles. The quantitative estimate of drug-likeness (QED) is 0.737. The van der Waals surface area contributed by atoms with Gasteiger partial charge in [-0.3, -0.25) is 4.79 Å². The molecule has 0 unspecified atom stereocenters. The number of hydrogen-bond acceptors (Lipinski definition) is 5. The number of amides is 1. The number of likely N-dealkylation sites (tertiary alicyclic amines) is 1. The number of aromatic nitrogens is 3. The minimum atomic E-state index is -0.0276. The number of nitrogens with zero attached hydrogens (tertiary/aromatic N) is 4. The first-order chi connectivity index (χ1) is 12.3. The van der Waals surface area contributed by atoms with Gasteiger partial charge in [-0.15, -0.1) is 0 Å². The van der Waals surface area contributed by atoms with E-state index in [0.717, 1.165) is 23.7 Å². The molecular weight excluding hydrogens is 316 g/mol. The lowest BCUT2D eigenvalue weighted by atomic mass is 10.1. The molecule has 1 fully saturated rings. The number of carbonyl (C=O) groups excluding carboxylic acids is 1. The topological polar surface area (TPSA) is 68.2 Å². The first-order valence-corrected chi connectivity index (χ1v) is 8.38. The van der Waals surface area contributed by atoms with Gasteiger partial charge >= 0.3 is 6.01 Å². The Morgan fingerprint density at radius 3 is 2.56 bits per heavy atom. The van der Waals surface area contributed by atoms with Crippen LogP contribution in [0.1, 0.15) is 23.3 Å². The van der Waals surface area contributed by atoms with Crippen LogP contribution in [-0.2, 0) is 0 Å². The van der Waals surface area contributed by atoms with Crippen LogP contribution in [0, 0.1) is 0 Å². The molecule has 1 saturated heterocycles. The summed E-state index contributed by atoms with van der Waals surface area (Å²) in [6.07, 6.45) is 4.88. The van der Waals surface area contributed by atoms with Crippen molar-refractivity contribution in [2.24, 2.45) is 0 Å². The molecule has 3 aromatic rings. The number of para-hydroxylation sites is 1. The molecule has 1 amide bonds. The number of ether oxygens (including phenoxy) is 1. The predicted octanol–water partition coefficient (Wildman–Crippen LogP) is 2.71.